The Hall–Kier alpha value is -2.71. The Morgan fingerprint density at radius 1 is 1.00 bits per heavy atom. The maximum absolute atomic E-state index is 13.3. The highest BCUT2D eigenvalue weighted by atomic mass is 32.2. The van der Waals surface area contributed by atoms with Crippen molar-refractivity contribution in [3.05, 3.63) is 65.7 Å². The van der Waals surface area contributed by atoms with E-state index in [1.54, 1.807) is 12.1 Å². The van der Waals surface area contributed by atoms with E-state index in [-0.39, 0.29) is 19.0 Å². The molecule has 1 amide bonds. The second-order valence-corrected chi connectivity index (χ2v) is 7.83. The molecule has 0 aromatic heterocycles. The van der Waals surface area contributed by atoms with Crippen LogP contribution in [0.4, 0.5) is 4.79 Å². The standard InChI is InChI=1S/C19H21NO6S/c1-24-12-13-27(23,17-10-8-16(9-11-17)18(21)25-2)20-19(22)26-14-15-6-4-3-5-7-15/h3-11H,12-14H2,1-2H3. The second kappa shape index (κ2) is 9.84. The zero-order chi connectivity index (χ0) is 19.7. The van der Waals surface area contributed by atoms with E-state index in [1.807, 2.05) is 18.2 Å². The molecule has 0 aliphatic rings. The van der Waals surface area contributed by atoms with Crippen LogP contribution in [0.3, 0.4) is 0 Å². The molecule has 0 aliphatic carbocycles. The first-order valence-electron chi connectivity index (χ1n) is 8.11. The van der Waals surface area contributed by atoms with Crippen LogP contribution < -0.4 is 0 Å². The van der Waals surface area contributed by atoms with Crippen LogP contribution in [0.25, 0.3) is 0 Å². The lowest BCUT2D eigenvalue weighted by Crippen LogP contribution is -2.15. The lowest BCUT2D eigenvalue weighted by Gasteiger charge is -2.10. The van der Waals surface area contributed by atoms with Gasteiger partial charge in [-0.1, -0.05) is 30.3 Å². The van der Waals surface area contributed by atoms with Crippen LogP contribution in [0, 0.1) is 0 Å². The molecule has 2 aromatic carbocycles. The quantitative estimate of drug-likeness (QED) is 0.673. The van der Waals surface area contributed by atoms with Gasteiger partial charge in [0, 0.05) is 12.0 Å². The van der Waals surface area contributed by atoms with Crippen LogP contribution in [-0.4, -0.2) is 42.9 Å². The van der Waals surface area contributed by atoms with Gasteiger partial charge in [-0.25, -0.2) is 13.8 Å². The zero-order valence-electron chi connectivity index (χ0n) is 15.1. The Morgan fingerprint density at radius 2 is 1.67 bits per heavy atom. The molecule has 144 valence electrons. The fourth-order valence-corrected chi connectivity index (χ4v) is 3.88. The minimum Gasteiger partial charge on any atom is -0.465 e. The van der Waals surface area contributed by atoms with Gasteiger partial charge >= 0.3 is 12.1 Å². The summed E-state index contributed by atoms with van der Waals surface area (Å²) in [5.41, 5.74) is 1.10. The molecule has 2 rings (SSSR count). The zero-order valence-corrected chi connectivity index (χ0v) is 15.9. The summed E-state index contributed by atoms with van der Waals surface area (Å²) in [7, 11) is -0.369. The van der Waals surface area contributed by atoms with Crippen LogP contribution in [0.1, 0.15) is 15.9 Å². The number of carbonyl (C=O) groups excluding carboxylic acids is 2. The molecule has 0 bridgehead atoms. The number of ether oxygens (including phenoxy) is 3. The largest absolute Gasteiger partial charge is 0.465 e. The van der Waals surface area contributed by atoms with Gasteiger partial charge in [-0.15, -0.1) is 4.36 Å². The Kier molecular flexibility index (Phi) is 7.51. The smallest absolute Gasteiger partial charge is 0.442 e. The van der Waals surface area contributed by atoms with Gasteiger partial charge in [-0.2, -0.15) is 0 Å². The summed E-state index contributed by atoms with van der Waals surface area (Å²) in [6.07, 6.45) is -0.919. The highest BCUT2D eigenvalue weighted by Gasteiger charge is 2.17. The molecule has 8 heteroatoms. The van der Waals surface area contributed by atoms with Gasteiger partial charge in [0.2, 0.25) is 0 Å². The molecule has 1 atom stereocenters. The molecular weight excluding hydrogens is 370 g/mol. The number of nitrogens with zero attached hydrogens (tertiary/aromatic N) is 1. The molecule has 0 saturated heterocycles. The molecule has 0 N–H and O–H groups in total. The van der Waals surface area contributed by atoms with Crippen LogP contribution in [0.15, 0.2) is 63.9 Å². The molecule has 0 fully saturated rings. The van der Waals surface area contributed by atoms with E-state index in [2.05, 4.69) is 9.10 Å². The number of methoxy groups -OCH3 is 2. The Balaban J connectivity index is 2.23. The van der Waals surface area contributed by atoms with Crippen LogP contribution in [0.2, 0.25) is 0 Å². The molecule has 27 heavy (non-hydrogen) atoms. The van der Waals surface area contributed by atoms with Crippen LogP contribution in [-0.2, 0) is 30.5 Å². The molecule has 0 heterocycles. The summed E-state index contributed by atoms with van der Waals surface area (Å²) >= 11 is 0. The third-order valence-corrected chi connectivity index (χ3v) is 5.81. The minimum absolute atomic E-state index is 0.0154. The average molecular weight is 391 g/mol. The van der Waals surface area contributed by atoms with Crippen molar-refractivity contribution in [2.24, 2.45) is 4.36 Å². The fourth-order valence-electron chi connectivity index (χ4n) is 2.20. The van der Waals surface area contributed by atoms with Gasteiger partial charge in [-0.3, -0.25) is 0 Å². The van der Waals surface area contributed by atoms with Gasteiger partial charge in [0.05, 0.1) is 34.8 Å². The van der Waals surface area contributed by atoms with Gasteiger partial charge in [0.25, 0.3) is 0 Å². The maximum Gasteiger partial charge on any atom is 0.442 e. The number of hydrogen-bond acceptors (Lipinski definition) is 6. The molecule has 0 aliphatic heterocycles. The predicted molar refractivity (Wildman–Crippen MR) is 100.0 cm³/mol. The molecular formula is C19H21NO6S. The topological polar surface area (TPSA) is 91.3 Å². The van der Waals surface area contributed by atoms with E-state index < -0.39 is 21.8 Å². The monoisotopic (exact) mass is 391 g/mol. The third-order valence-electron chi connectivity index (χ3n) is 3.63. The lowest BCUT2D eigenvalue weighted by molar-refractivity contribution is 0.0600. The first kappa shape index (κ1) is 20.6. The SMILES string of the molecule is COCCS(=O)(=NC(=O)OCc1ccccc1)c1ccc(C(=O)OC)cc1. The van der Waals surface area contributed by atoms with Crippen molar-refractivity contribution >= 4 is 21.8 Å². The molecule has 0 spiro atoms. The van der Waals surface area contributed by atoms with Crippen molar-refractivity contribution in [1.29, 1.82) is 0 Å². The summed E-state index contributed by atoms with van der Waals surface area (Å²) in [6.45, 7) is 0.178. The van der Waals surface area contributed by atoms with Crippen molar-refractivity contribution in [3.63, 3.8) is 0 Å². The van der Waals surface area contributed by atoms with E-state index in [0.29, 0.717) is 10.5 Å². The first-order valence-corrected chi connectivity index (χ1v) is 9.80. The third kappa shape index (κ3) is 5.90. The maximum atomic E-state index is 13.3. The number of rotatable bonds is 7. The number of carbonyl (C=O) groups is 2. The van der Waals surface area contributed by atoms with E-state index in [1.165, 1.54) is 38.5 Å². The van der Waals surface area contributed by atoms with E-state index >= 15 is 0 Å². The van der Waals surface area contributed by atoms with Gasteiger partial charge in [-0.05, 0) is 29.8 Å². The van der Waals surface area contributed by atoms with Gasteiger partial charge in [0.15, 0.2) is 0 Å². The van der Waals surface area contributed by atoms with Crippen molar-refractivity contribution in [2.45, 2.75) is 11.5 Å². The lowest BCUT2D eigenvalue weighted by atomic mass is 10.2. The van der Waals surface area contributed by atoms with E-state index in [9.17, 15) is 13.8 Å². The number of esters is 1. The molecule has 7 nitrogen and oxygen atoms in total. The molecule has 2 aromatic rings. The van der Waals surface area contributed by atoms with Crippen molar-refractivity contribution in [3.8, 4) is 0 Å². The predicted octanol–water partition coefficient (Wildman–Crippen LogP) is 3.28. The van der Waals surface area contributed by atoms with E-state index in [4.69, 9.17) is 9.47 Å². The molecule has 0 radical (unpaired) electrons. The van der Waals surface area contributed by atoms with Gasteiger partial charge in [0.1, 0.15) is 6.61 Å². The summed E-state index contributed by atoms with van der Waals surface area (Å²) in [5.74, 6) is -0.495. The Labute approximate surface area is 158 Å². The van der Waals surface area contributed by atoms with Crippen molar-refractivity contribution in [1.82, 2.24) is 0 Å². The molecule has 0 saturated carbocycles. The average Bonchev–Trinajstić information content (AvgIpc) is 2.71. The Morgan fingerprint density at radius 3 is 2.26 bits per heavy atom. The van der Waals surface area contributed by atoms with Crippen LogP contribution >= 0.6 is 0 Å². The summed E-state index contributed by atoms with van der Waals surface area (Å²) < 4.78 is 31.8. The second-order valence-electron chi connectivity index (χ2n) is 5.48. The van der Waals surface area contributed by atoms with E-state index in [0.717, 1.165) is 5.56 Å². The van der Waals surface area contributed by atoms with Crippen molar-refractivity contribution in [2.75, 3.05) is 26.6 Å². The minimum atomic E-state index is -3.11. The number of hydrogen-bond donors (Lipinski definition) is 0. The normalized spacial score (nSPS) is 12.7. The number of amides is 1. The van der Waals surface area contributed by atoms with Crippen molar-refractivity contribution < 1.29 is 28.0 Å². The fraction of sp³-hybridized carbons (Fsp3) is 0.263. The summed E-state index contributed by atoms with van der Waals surface area (Å²) in [4.78, 5) is 23.9. The summed E-state index contributed by atoms with van der Waals surface area (Å²) in [5, 5.41) is 0. The highest BCUT2D eigenvalue weighted by Crippen LogP contribution is 2.17. The molecule has 1 unspecified atom stereocenters. The van der Waals surface area contributed by atoms with Crippen LogP contribution in [0.5, 0.6) is 0 Å². The Bertz CT molecular complexity index is 886. The van der Waals surface area contributed by atoms with Gasteiger partial charge < -0.3 is 14.2 Å². The number of benzene rings is 2. The highest BCUT2D eigenvalue weighted by molar-refractivity contribution is 7.94. The first-order chi connectivity index (χ1) is 13.0. The summed E-state index contributed by atoms with van der Waals surface area (Å²) in [6, 6.07) is 15.0.